The minimum atomic E-state index is 0.922. The number of aliphatic imine (C=N–C) groups is 1. The molecule has 0 bridgehead atoms. The normalized spacial score (nSPS) is 13.0. The van der Waals surface area contributed by atoms with Crippen LogP contribution in [0, 0.1) is 0 Å². The molecule has 0 saturated heterocycles. The molecule has 0 spiro atoms. The van der Waals surface area contributed by atoms with Crippen LogP contribution in [0.5, 0.6) is 0 Å². The predicted molar refractivity (Wildman–Crippen MR) is 51.9 cm³/mol. The van der Waals surface area contributed by atoms with E-state index in [2.05, 4.69) is 18.3 Å². The quantitative estimate of drug-likeness (QED) is 0.432. The molecule has 0 N–H and O–H groups in total. The van der Waals surface area contributed by atoms with Crippen molar-refractivity contribution < 1.29 is 0 Å². The van der Waals surface area contributed by atoms with Gasteiger partial charge in [0.15, 0.2) is 0 Å². The van der Waals surface area contributed by atoms with Crippen LogP contribution in [0.4, 0.5) is 0 Å². The van der Waals surface area contributed by atoms with Crippen molar-refractivity contribution in [3.05, 3.63) is 35.6 Å². The Labute approximate surface area is 68.9 Å². The summed E-state index contributed by atoms with van der Waals surface area (Å²) in [6, 6.07) is 0. The maximum absolute atomic E-state index is 3.82. The van der Waals surface area contributed by atoms with Crippen molar-refractivity contribution in [3.8, 4) is 0 Å². The Morgan fingerprint density at radius 2 is 1.73 bits per heavy atom. The topological polar surface area (TPSA) is 12.4 Å². The second-order valence-electron chi connectivity index (χ2n) is 2.60. The van der Waals surface area contributed by atoms with Crippen LogP contribution < -0.4 is 0 Å². The highest BCUT2D eigenvalue weighted by Gasteiger charge is 1.85. The molecule has 0 aliphatic rings. The van der Waals surface area contributed by atoms with Gasteiger partial charge < -0.3 is 0 Å². The fourth-order valence-corrected chi connectivity index (χ4v) is 0.441. The van der Waals surface area contributed by atoms with Gasteiger partial charge in [-0.25, -0.2) is 0 Å². The monoisotopic (exact) mass is 149 g/mol. The largest absolute Gasteiger partial charge is 0.269 e. The van der Waals surface area contributed by atoms with Crippen molar-refractivity contribution in [1.29, 1.82) is 0 Å². The molecule has 0 aromatic carbocycles. The van der Waals surface area contributed by atoms with Gasteiger partial charge in [-0.3, -0.25) is 4.99 Å². The fraction of sp³-hybridized carbons (Fsp3) is 0.300. The molecule has 11 heavy (non-hydrogen) atoms. The zero-order chi connectivity index (χ0) is 8.85. The molecule has 60 valence electrons. The van der Waals surface area contributed by atoms with Crippen molar-refractivity contribution in [1.82, 2.24) is 0 Å². The van der Waals surface area contributed by atoms with Gasteiger partial charge in [-0.15, -0.1) is 0 Å². The standard InChI is InChI=1S/C10H15N/c1-8(2)9(3)6-7-10(4)11-5/h6-7H,1,5H2,2-4H3. The maximum atomic E-state index is 3.82. The summed E-state index contributed by atoms with van der Waals surface area (Å²) in [5.41, 5.74) is 3.18. The molecule has 0 unspecified atom stereocenters. The van der Waals surface area contributed by atoms with Crippen LogP contribution in [-0.4, -0.2) is 6.72 Å². The third-order valence-electron chi connectivity index (χ3n) is 1.50. The van der Waals surface area contributed by atoms with Crippen molar-refractivity contribution in [2.24, 2.45) is 4.99 Å². The molecule has 0 aliphatic carbocycles. The van der Waals surface area contributed by atoms with E-state index >= 15 is 0 Å². The van der Waals surface area contributed by atoms with E-state index in [-0.39, 0.29) is 0 Å². The van der Waals surface area contributed by atoms with Crippen LogP contribution in [-0.2, 0) is 0 Å². The lowest BCUT2D eigenvalue weighted by Gasteiger charge is -1.95. The smallest absolute Gasteiger partial charge is 0.0365 e. The van der Waals surface area contributed by atoms with E-state index in [9.17, 15) is 0 Å². The summed E-state index contributed by atoms with van der Waals surface area (Å²) in [4.78, 5) is 3.76. The van der Waals surface area contributed by atoms with E-state index in [1.54, 1.807) is 0 Å². The first-order valence-corrected chi connectivity index (χ1v) is 3.55. The Morgan fingerprint density at radius 1 is 1.18 bits per heavy atom. The van der Waals surface area contributed by atoms with E-state index in [1.807, 2.05) is 32.9 Å². The number of allylic oxidation sites excluding steroid dienone is 5. The number of rotatable bonds is 3. The molecular weight excluding hydrogens is 134 g/mol. The zero-order valence-electron chi connectivity index (χ0n) is 7.52. The summed E-state index contributed by atoms with van der Waals surface area (Å²) in [6.45, 7) is 13.1. The Morgan fingerprint density at radius 3 is 2.09 bits per heavy atom. The first-order valence-electron chi connectivity index (χ1n) is 3.55. The average Bonchev–Trinajstić information content (AvgIpc) is 1.99. The van der Waals surface area contributed by atoms with Gasteiger partial charge in [-0.2, -0.15) is 0 Å². The molecule has 1 nitrogen and oxygen atoms in total. The van der Waals surface area contributed by atoms with Crippen LogP contribution >= 0.6 is 0 Å². The Kier molecular flexibility index (Phi) is 4.20. The van der Waals surface area contributed by atoms with Crippen molar-refractivity contribution in [2.75, 3.05) is 0 Å². The van der Waals surface area contributed by atoms with Gasteiger partial charge in [0.05, 0.1) is 0 Å². The summed E-state index contributed by atoms with van der Waals surface area (Å²) in [6.07, 6.45) is 3.92. The van der Waals surface area contributed by atoms with E-state index in [1.165, 1.54) is 5.57 Å². The Bertz CT molecular complexity index is 219. The van der Waals surface area contributed by atoms with Gasteiger partial charge in [0.2, 0.25) is 0 Å². The van der Waals surface area contributed by atoms with Crippen LogP contribution in [0.15, 0.2) is 40.6 Å². The van der Waals surface area contributed by atoms with Gasteiger partial charge in [0.1, 0.15) is 0 Å². The number of hydrogen-bond acceptors (Lipinski definition) is 1. The highest BCUT2D eigenvalue weighted by molar-refractivity contribution is 5.32. The summed E-state index contributed by atoms with van der Waals surface area (Å²) < 4.78 is 0. The molecule has 0 heterocycles. The fourth-order valence-electron chi connectivity index (χ4n) is 0.441. The second-order valence-corrected chi connectivity index (χ2v) is 2.60. The summed E-state index contributed by atoms with van der Waals surface area (Å²) in [5, 5.41) is 0. The van der Waals surface area contributed by atoms with Crippen LogP contribution in [0.2, 0.25) is 0 Å². The average molecular weight is 149 g/mol. The highest BCUT2D eigenvalue weighted by atomic mass is 14.7. The molecule has 0 aromatic rings. The molecule has 0 amide bonds. The van der Waals surface area contributed by atoms with Crippen LogP contribution in [0.25, 0.3) is 0 Å². The minimum absolute atomic E-state index is 0.922. The van der Waals surface area contributed by atoms with Crippen molar-refractivity contribution in [2.45, 2.75) is 20.8 Å². The molecule has 0 atom stereocenters. The summed E-state index contributed by atoms with van der Waals surface area (Å²) in [5.74, 6) is 0. The third kappa shape index (κ3) is 4.31. The number of hydrogen-bond donors (Lipinski definition) is 0. The van der Waals surface area contributed by atoms with Crippen molar-refractivity contribution >= 4 is 6.72 Å². The van der Waals surface area contributed by atoms with Crippen LogP contribution in [0.1, 0.15) is 20.8 Å². The molecule has 1 heteroatoms. The molecule has 0 fully saturated rings. The highest BCUT2D eigenvalue weighted by Crippen LogP contribution is 2.05. The summed E-state index contributed by atoms with van der Waals surface area (Å²) >= 11 is 0. The summed E-state index contributed by atoms with van der Waals surface area (Å²) in [7, 11) is 0. The van der Waals surface area contributed by atoms with Crippen LogP contribution in [0.3, 0.4) is 0 Å². The molecule has 0 aliphatic heterocycles. The predicted octanol–water partition coefficient (Wildman–Crippen LogP) is 3.11. The Balaban J connectivity index is 4.34. The van der Waals surface area contributed by atoms with Crippen molar-refractivity contribution in [3.63, 3.8) is 0 Å². The first-order chi connectivity index (χ1) is 5.07. The first kappa shape index (κ1) is 9.89. The molecule has 0 radical (unpaired) electrons. The lowest BCUT2D eigenvalue weighted by molar-refractivity contribution is 1.31. The second kappa shape index (κ2) is 4.67. The maximum Gasteiger partial charge on any atom is 0.0365 e. The Hall–Kier alpha value is -1.11. The minimum Gasteiger partial charge on any atom is -0.269 e. The van der Waals surface area contributed by atoms with Gasteiger partial charge >= 0.3 is 0 Å². The third-order valence-corrected chi connectivity index (χ3v) is 1.50. The van der Waals surface area contributed by atoms with Gasteiger partial charge in [-0.1, -0.05) is 18.2 Å². The van der Waals surface area contributed by atoms with Gasteiger partial charge in [-0.05, 0) is 39.1 Å². The molecule has 0 aromatic heterocycles. The number of nitrogens with zero attached hydrogens (tertiary/aromatic N) is 1. The van der Waals surface area contributed by atoms with Gasteiger partial charge in [0.25, 0.3) is 0 Å². The van der Waals surface area contributed by atoms with E-state index in [0.717, 1.165) is 11.3 Å². The van der Waals surface area contributed by atoms with E-state index in [4.69, 9.17) is 0 Å². The lowest BCUT2D eigenvalue weighted by Crippen LogP contribution is -1.74. The zero-order valence-corrected chi connectivity index (χ0v) is 7.52. The SMILES string of the molecule is C=NC(C)=CC=C(C)C(=C)C. The molecule has 0 rings (SSSR count). The molecule has 0 saturated carbocycles. The van der Waals surface area contributed by atoms with E-state index in [0.29, 0.717) is 0 Å². The lowest BCUT2D eigenvalue weighted by atomic mass is 10.1. The van der Waals surface area contributed by atoms with E-state index < -0.39 is 0 Å². The van der Waals surface area contributed by atoms with Gasteiger partial charge in [0, 0.05) is 5.70 Å². The molecular formula is C10H15N.